The summed E-state index contributed by atoms with van der Waals surface area (Å²) in [5.74, 6) is 0.654. The second-order valence-electron chi connectivity index (χ2n) is 2.85. The third kappa shape index (κ3) is 2.29. The molecule has 2 aromatic rings. The number of thiazole rings is 1. The summed E-state index contributed by atoms with van der Waals surface area (Å²) in [4.78, 5) is 4.08. The Kier molecular flexibility index (Phi) is 2.74. The highest BCUT2D eigenvalue weighted by atomic mass is 32.1. The fraction of sp³-hybridized carbons (Fsp3) is 0.100. The molecule has 0 aliphatic carbocycles. The first-order valence-electron chi connectivity index (χ1n) is 4.21. The molecule has 0 atom stereocenters. The number of benzene rings is 1. The van der Waals surface area contributed by atoms with Crippen LogP contribution >= 0.6 is 11.3 Å². The first kappa shape index (κ1) is 9.15. The standard InChI is InChI=1S/C10H9FN2S/c11-9-3-1-8(2-4-9)5-12-10-6-14-7-13-10/h1-4,6-7,12H,5H2. The zero-order valence-electron chi connectivity index (χ0n) is 7.40. The van der Waals surface area contributed by atoms with Crippen LogP contribution in [0, 0.1) is 5.82 Å². The molecule has 0 radical (unpaired) electrons. The Morgan fingerprint density at radius 3 is 2.71 bits per heavy atom. The minimum atomic E-state index is -0.206. The molecule has 0 unspecified atom stereocenters. The van der Waals surface area contributed by atoms with Crippen molar-refractivity contribution in [1.29, 1.82) is 0 Å². The molecule has 0 saturated heterocycles. The summed E-state index contributed by atoms with van der Waals surface area (Å²) in [6.45, 7) is 0.671. The van der Waals surface area contributed by atoms with E-state index in [0.29, 0.717) is 6.54 Å². The lowest BCUT2D eigenvalue weighted by Crippen LogP contribution is -1.99. The molecule has 0 fully saturated rings. The van der Waals surface area contributed by atoms with Gasteiger partial charge < -0.3 is 5.32 Å². The molecule has 4 heteroatoms. The quantitative estimate of drug-likeness (QED) is 0.838. The molecule has 1 aromatic heterocycles. The normalized spacial score (nSPS) is 10.1. The van der Waals surface area contributed by atoms with Crippen LogP contribution in [0.4, 0.5) is 10.2 Å². The van der Waals surface area contributed by atoms with Gasteiger partial charge >= 0.3 is 0 Å². The zero-order chi connectivity index (χ0) is 9.80. The molecule has 2 rings (SSSR count). The predicted molar refractivity (Wildman–Crippen MR) is 55.8 cm³/mol. The van der Waals surface area contributed by atoms with Gasteiger partial charge in [-0.15, -0.1) is 11.3 Å². The van der Waals surface area contributed by atoms with E-state index in [0.717, 1.165) is 11.4 Å². The number of hydrogen-bond acceptors (Lipinski definition) is 3. The monoisotopic (exact) mass is 208 g/mol. The molecule has 1 aromatic carbocycles. The molecule has 0 amide bonds. The second-order valence-corrected chi connectivity index (χ2v) is 3.57. The predicted octanol–water partition coefficient (Wildman–Crippen LogP) is 2.89. The molecular formula is C10H9FN2S. The molecule has 14 heavy (non-hydrogen) atoms. The Balaban J connectivity index is 1.95. The summed E-state index contributed by atoms with van der Waals surface area (Å²) >= 11 is 1.54. The van der Waals surface area contributed by atoms with Crippen LogP contribution in [0.3, 0.4) is 0 Å². The summed E-state index contributed by atoms with van der Waals surface area (Å²) in [6, 6.07) is 6.43. The van der Waals surface area contributed by atoms with E-state index in [2.05, 4.69) is 10.3 Å². The van der Waals surface area contributed by atoms with Gasteiger partial charge in [0.25, 0.3) is 0 Å². The van der Waals surface area contributed by atoms with Crippen LogP contribution in [0.2, 0.25) is 0 Å². The summed E-state index contributed by atoms with van der Waals surface area (Å²) < 4.78 is 12.6. The van der Waals surface area contributed by atoms with Crippen molar-refractivity contribution >= 4 is 17.2 Å². The topological polar surface area (TPSA) is 24.9 Å². The number of nitrogens with zero attached hydrogens (tertiary/aromatic N) is 1. The van der Waals surface area contributed by atoms with Gasteiger partial charge in [-0.1, -0.05) is 12.1 Å². The van der Waals surface area contributed by atoms with Crippen molar-refractivity contribution in [3.05, 3.63) is 46.5 Å². The van der Waals surface area contributed by atoms with Crippen LogP contribution in [-0.2, 0) is 6.54 Å². The van der Waals surface area contributed by atoms with Gasteiger partial charge in [0.2, 0.25) is 0 Å². The highest BCUT2D eigenvalue weighted by molar-refractivity contribution is 7.07. The molecule has 0 aliphatic rings. The molecule has 0 bridgehead atoms. The van der Waals surface area contributed by atoms with E-state index in [4.69, 9.17) is 0 Å². The summed E-state index contributed by atoms with van der Waals surface area (Å²) in [7, 11) is 0. The molecule has 0 spiro atoms. The number of nitrogens with one attached hydrogen (secondary N) is 1. The maximum absolute atomic E-state index is 12.6. The number of halogens is 1. The van der Waals surface area contributed by atoms with Crippen LogP contribution in [-0.4, -0.2) is 4.98 Å². The minimum absolute atomic E-state index is 0.206. The summed E-state index contributed by atoms with van der Waals surface area (Å²) in [5.41, 5.74) is 2.81. The maximum Gasteiger partial charge on any atom is 0.137 e. The Labute approximate surface area is 85.4 Å². The van der Waals surface area contributed by atoms with Crippen LogP contribution in [0.15, 0.2) is 35.2 Å². The van der Waals surface area contributed by atoms with Crippen LogP contribution in [0.25, 0.3) is 0 Å². The Morgan fingerprint density at radius 1 is 1.29 bits per heavy atom. The van der Waals surface area contributed by atoms with Gasteiger partial charge in [0.1, 0.15) is 11.6 Å². The van der Waals surface area contributed by atoms with Crippen LogP contribution in [0.5, 0.6) is 0 Å². The molecular weight excluding hydrogens is 199 g/mol. The number of anilines is 1. The lowest BCUT2D eigenvalue weighted by molar-refractivity contribution is 0.627. The van der Waals surface area contributed by atoms with Crippen molar-refractivity contribution in [3.8, 4) is 0 Å². The van der Waals surface area contributed by atoms with Gasteiger partial charge in [-0.2, -0.15) is 0 Å². The third-order valence-corrected chi connectivity index (χ3v) is 2.41. The molecule has 1 heterocycles. The van der Waals surface area contributed by atoms with Gasteiger partial charge in [0, 0.05) is 11.9 Å². The maximum atomic E-state index is 12.6. The highest BCUT2D eigenvalue weighted by Gasteiger charge is 1.95. The minimum Gasteiger partial charge on any atom is -0.365 e. The third-order valence-electron chi connectivity index (χ3n) is 1.82. The van der Waals surface area contributed by atoms with Gasteiger partial charge in [-0.3, -0.25) is 0 Å². The molecule has 2 nitrogen and oxygen atoms in total. The first-order chi connectivity index (χ1) is 6.84. The van der Waals surface area contributed by atoms with E-state index in [1.165, 1.54) is 12.1 Å². The van der Waals surface area contributed by atoms with Crippen molar-refractivity contribution in [3.63, 3.8) is 0 Å². The Morgan fingerprint density at radius 2 is 2.07 bits per heavy atom. The molecule has 0 aliphatic heterocycles. The Hall–Kier alpha value is -1.42. The summed E-state index contributed by atoms with van der Waals surface area (Å²) in [5, 5.41) is 5.07. The van der Waals surface area contributed by atoms with Crippen molar-refractivity contribution < 1.29 is 4.39 Å². The molecule has 72 valence electrons. The zero-order valence-corrected chi connectivity index (χ0v) is 8.22. The first-order valence-corrected chi connectivity index (χ1v) is 5.15. The highest BCUT2D eigenvalue weighted by Crippen LogP contribution is 2.09. The smallest absolute Gasteiger partial charge is 0.137 e. The number of aromatic nitrogens is 1. The Bertz CT molecular complexity index is 383. The van der Waals surface area contributed by atoms with E-state index >= 15 is 0 Å². The molecule has 0 saturated carbocycles. The SMILES string of the molecule is Fc1ccc(CNc2cscn2)cc1. The van der Waals surface area contributed by atoms with Gasteiger partial charge in [-0.05, 0) is 17.7 Å². The van der Waals surface area contributed by atoms with Crippen molar-refractivity contribution in [1.82, 2.24) is 4.98 Å². The molecule has 1 N–H and O–H groups in total. The lowest BCUT2D eigenvalue weighted by Gasteiger charge is -2.02. The fourth-order valence-electron chi connectivity index (χ4n) is 1.09. The van der Waals surface area contributed by atoms with Crippen molar-refractivity contribution in [2.24, 2.45) is 0 Å². The number of rotatable bonds is 3. The fourth-order valence-corrected chi connectivity index (χ4v) is 1.60. The average Bonchev–Trinajstić information content (AvgIpc) is 2.70. The summed E-state index contributed by atoms with van der Waals surface area (Å²) in [6.07, 6.45) is 0. The van der Waals surface area contributed by atoms with Gasteiger partial charge in [-0.25, -0.2) is 9.37 Å². The van der Waals surface area contributed by atoms with E-state index in [1.807, 2.05) is 5.38 Å². The lowest BCUT2D eigenvalue weighted by atomic mass is 10.2. The van der Waals surface area contributed by atoms with E-state index in [1.54, 1.807) is 29.0 Å². The van der Waals surface area contributed by atoms with E-state index in [9.17, 15) is 4.39 Å². The van der Waals surface area contributed by atoms with E-state index < -0.39 is 0 Å². The van der Waals surface area contributed by atoms with Crippen molar-refractivity contribution in [2.75, 3.05) is 5.32 Å². The van der Waals surface area contributed by atoms with Crippen LogP contribution in [0.1, 0.15) is 5.56 Å². The average molecular weight is 208 g/mol. The van der Waals surface area contributed by atoms with Gasteiger partial charge in [0.05, 0.1) is 5.51 Å². The largest absolute Gasteiger partial charge is 0.365 e. The van der Waals surface area contributed by atoms with Gasteiger partial charge in [0.15, 0.2) is 0 Å². The number of hydrogen-bond donors (Lipinski definition) is 1. The van der Waals surface area contributed by atoms with Crippen LogP contribution < -0.4 is 5.32 Å². The van der Waals surface area contributed by atoms with E-state index in [-0.39, 0.29) is 5.82 Å². The second kappa shape index (κ2) is 4.19. The van der Waals surface area contributed by atoms with Crippen molar-refractivity contribution in [2.45, 2.75) is 6.54 Å².